The van der Waals surface area contributed by atoms with Gasteiger partial charge in [-0.1, -0.05) is 0 Å². The van der Waals surface area contributed by atoms with E-state index >= 15 is 0 Å². The normalized spacial score (nSPS) is 6.50. The predicted octanol–water partition coefficient (Wildman–Crippen LogP) is 0.776. The van der Waals surface area contributed by atoms with Gasteiger partial charge in [0.25, 0.3) is 0 Å². The van der Waals surface area contributed by atoms with Crippen molar-refractivity contribution in [3.63, 3.8) is 0 Å². The van der Waals surface area contributed by atoms with E-state index in [1.165, 1.54) is 0 Å². The van der Waals surface area contributed by atoms with Crippen LogP contribution < -0.4 is 0 Å². The molecular weight excluding hydrogens is 141 g/mol. The van der Waals surface area contributed by atoms with E-state index in [0.29, 0.717) is 0 Å². The predicted molar refractivity (Wildman–Crippen MR) is 26.4 cm³/mol. The Morgan fingerprint density at radius 1 is 2.00 bits per heavy atom. The summed E-state index contributed by atoms with van der Waals surface area (Å²) in [6, 6.07) is 0. The molecule has 0 aromatic rings. The van der Waals surface area contributed by atoms with Crippen LogP contribution in [-0.2, 0) is 0 Å². The number of rotatable bonds is 2. The van der Waals surface area contributed by atoms with Crippen LogP contribution in [0.15, 0.2) is 12.7 Å². The zero-order valence-corrected chi connectivity index (χ0v) is 5.06. The van der Waals surface area contributed by atoms with Crippen molar-refractivity contribution >= 4 is 15.0 Å². The third-order valence-electron chi connectivity index (χ3n) is 0.266. The number of hydrogen-bond donors (Lipinski definition) is 0. The molecule has 6 heavy (non-hydrogen) atoms. The molecule has 0 fully saturated rings. The van der Waals surface area contributed by atoms with Crippen LogP contribution in [0.1, 0.15) is 0 Å². The summed E-state index contributed by atoms with van der Waals surface area (Å²) in [5, 5.41) is 8.81. The molecule has 0 spiro atoms. The zero-order chi connectivity index (χ0) is 4.83. The average Bonchev–Trinajstić information content (AvgIpc) is 1.61. The fraction of sp³-hybridized carbons (Fsp3) is 0.250. The summed E-state index contributed by atoms with van der Waals surface area (Å²) in [6.45, 7) is 3.46. The van der Waals surface area contributed by atoms with Crippen LogP contribution in [0.25, 0.3) is 0 Å². The standard InChI is InChI=1S/C4H5NSe/c1-2-3-6-4-5/h2H,1,3H2. The van der Waals surface area contributed by atoms with Crippen molar-refractivity contribution in [1.29, 1.82) is 5.26 Å². The van der Waals surface area contributed by atoms with Crippen LogP contribution in [0.3, 0.4) is 0 Å². The van der Waals surface area contributed by atoms with Gasteiger partial charge in [-0.15, -0.1) is 0 Å². The van der Waals surface area contributed by atoms with E-state index in [4.69, 9.17) is 5.26 Å². The first-order valence-corrected chi connectivity index (χ1v) is 3.60. The van der Waals surface area contributed by atoms with E-state index in [1.807, 2.05) is 0 Å². The van der Waals surface area contributed by atoms with Crippen molar-refractivity contribution < 1.29 is 0 Å². The van der Waals surface area contributed by atoms with Gasteiger partial charge in [0.15, 0.2) is 0 Å². The molecule has 0 aromatic heterocycles. The number of hydrogen-bond acceptors (Lipinski definition) is 1. The second-order valence-corrected chi connectivity index (χ2v) is 2.38. The zero-order valence-electron chi connectivity index (χ0n) is 3.35. The summed E-state index contributed by atoms with van der Waals surface area (Å²) in [5.41, 5.74) is 0. The van der Waals surface area contributed by atoms with Crippen molar-refractivity contribution in [3.05, 3.63) is 12.7 Å². The molecule has 0 heterocycles. The SMILES string of the molecule is C=CC[Se]C#N. The van der Waals surface area contributed by atoms with E-state index in [0.717, 1.165) is 5.32 Å². The van der Waals surface area contributed by atoms with E-state index < -0.39 is 0 Å². The summed E-state index contributed by atoms with van der Waals surface area (Å²) >= 11 is 0.155. The minimum absolute atomic E-state index is 0.155. The van der Waals surface area contributed by atoms with Gasteiger partial charge in [-0.3, -0.25) is 0 Å². The maximum atomic E-state index is 7.93. The number of nitrogens with zero attached hydrogens (tertiary/aromatic N) is 1. The van der Waals surface area contributed by atoms with Gasteiger partial charge in [0, 0.05) is 0 Å². The second-order valence-electron chi connectivity index (χ2n) is 0.691. The Balaban J connectivity index is 2.72. The van der Waals surface area contributed by atoms with Gasteiger partial charge in [0.1, 0.15) is 0 Å². The van der Waals surface area contributed by atoms with E-state index in [1.54, 1.807) is 6.08 Å². The third-order valence-corrected chi connectivity index (χ3v) is 1.38. The van der Waals surface area contributed by atoms with Gasteiger partial charge in [-0.2, -0.15) is 0 Å². The van der Waals surface area contributed by atoms with Gasteiger partial charge < -0.3 is 0 Å². The molecule has 0 rings (SSSR count). The van der Waals surface area contributed by atoms with Gasteiger partial charge in [-0.25, -0.2) is 0 Å². The topological polar surface area (TPSA) is 23.8 Å². The van der Waals surface area contributed by atoms with Crippen LogP contribution in [0.5, 0.6) is 0 Å². The van der Waals surface area contributed by atoms with Crippen molar-refractivity contribution in [3.8, 4) is 4.97 Å². The molecule has 0 saturated heterocycles. The van der Waals surface area contributed by atoms with Crippen LogP contribution in [0, 0.1) is 10.2 Å². The van der Waals surface area contributed by atoms with Crippen LogP contribution >= 0.6 is 0 Å². The molecule has 0 saturated carbocycles. The van der Waals surface area contributed by atoms with Gasteiger partial charge >= 0.3 is 43.2 Å². The Kier molecular flexibility index (Phi) is 4.55. The fourth-order valence-electron chi connectivity index (χ4n) is 0.0962. The maximum absolute atomic E-state index is 7.93. The average molecular weight is 146 g/mol. The summed E-state index contributed by atoms with van der Waals surface area (Å²) in [4.78, 5) is 2.06. The van der Waals surface area contributed by atoms with Crippen molar-refractivity contribution in [2.45, 2.75) is 5.32 Å². The Morgan fingerprint density at radius 3 is 2.83 bits per heavy atom. The van der Waals surface area contributed by atoms with Crippen LogP contribution in [-0.4, -0.2) is 15.0 Å². The fourth-order valence-corrected chi connectivity index (χ4v) is 0.500. The van der Waals surface area contributed by atoms with Crippen molar-refractivity contribution in [1.82, 2.24) is 0 Å². The summed E-state index contributed by atoms with van der Waals surface area (Å²) in [6.07, 6.45) is 1.77. The van der Waals surface area contributed by atoms with E-state index in [9.17, 15) is 0 Å². The molecule has 0 amide bonds. The molecule has 0 aliphatic carbocycles. The van der Waals surface area contributed by atoms with Crippen LogP contribution in [0.2, 0.25) is 5.32 Å². The molecule has 0 aromatic carbocycles. The van der Waals surface area contributed by atoms with Gasteiger partial charge in [0.05, 0.1) is 0 Å². The first-order valence-electron chi connectivity index (χ1n) is 1.53. The van der Waals surface area contributed by atoms with Gasteiger partial charge in [-0.05, 0) is 0 Å². The first kappa shape index (κ1) is 5.75. The van der Waals surface area contributed by atoms with Gasteiger partial charge in [0.2, 0.25) is 0 Å². The monoisotopic (exact) mass is 147 g/mol. The molecule has 0 unspecified atom stereocenters. The summed E-state index contributed by atoms with van der Waals surface area (Å²) in [5.74, 6) is 0. The molecule has 0 aliphatic rings. The quantitative estimate of drug-likeness (QED) is 0.320. The first-order chi connectivity index (χ1) is 2.91. The molecular formula is C4H5NSe. The minimum atomic E-state index is 0.155. The molecule has 0 radical (unpaired) electrons. The second kappa shape index (κ2) is 4.75. The molecule has 1 nitrogen and oxygen atoms in total. The van der Waals surface area contributed by atoms with Crippen molar-refractivity contribution in [2.75, 3.05) is 0 Å². The Bertz CT molecular complexity index is 72.1. The molecule has 2 heteroatoms. The Morgan fingerprint density at radius 2 is 2.67 bits per heavy atom. The third kappa shape index (κ3) is 3.75. The summed E-state index contributed by atoms with van der Waals surface area (Å²) in [7, 11) is 0. The van der Waals surface area contributed by atoms with Crippen LogP contribution in [0.4, 0.5) is 0 Å². The van der Waals surface area contributed by atoms with E-state index in [-0.39, 0.29) is 15.0 Å². The van der Waals surface area contributed by atoms with E-state index in [2.05, 4.69) is 11.5 Å². The molecule has 0 N–H and O–H groups in total. The van der Waals surface area contributed by atoms with Crippen molar-refractivity contribution in [2.24, 2.45) is 0 Å². The Labute approximate surface area is 43.8 Å². The Hall–Kier alpha value is -0.251. The molecule has 0 atom stereocenters. The molecule has 0 bridgehead atoms. The molecule has 0 aliphatic heterocycles. The molecule has 32 valence electrons. The summed E-state index contributed by atoms with van der Waals surface area (Å²) < 4.78 is 0. The number of nitriles is 1. The number of allylic oxidation sites excluding steroid dienone is 1.